The van der Waals surface area contributed by atoms with E-state index in [2.05, 4.69) is 21.9 Å². The number of hydrogen-bond acceptors (Lipinski definition) is 2. The number of amides is 1. The zero-order chi connectivity index (χ0) is 15.9. The summed E-state index contributed by atoms with van der Waals surface area (Å²) in [6, 6.07) is 8.35. The molecule has 0 aliphatic carbocycles. The number of piperidine rings is 1. The number of rotatable bonds is 3. The van der Waals surface area contributed by atoms with Crippen LogP contribution in [0.15, 0.2) is 24.3 Å². The number of likely N-dealkylation sites (tertiary alicyclic amines) is 2. The first-order valence-corrected chi connectivity index (χ1v) is 9.43. The van der Waals surface area contributed by atoms with Gasteiger partial charge in [-0.3, -0.25) is 9.69 Å². The fourth-order valence-electron chi connectivity index (χ4n) is 3.76. The second-order valence-corrected chi connectivity index (χ2v) is 7.09. The van der Waals surface area contributed by atoms with Crippen LogP contribution in [0.25, 0.3) is 0 Å². The van der Waals surface area contributed by atoms with Crippen molar-refractivity contribution in [2.24, 2.45) is 0 Å². The van der Waals surface area contributed by atoms with Gasteiger partial charge in [0, 0.05) is 25.2 Å². The lowest BCUT2D eigenvalue weighted by atomic mass is 10.1. The minimum atomic E-state index is 0.219. The van der Waals surface area contributed by atoms with Crippen molar-refractivity contribution in [3.63, 3.8) is 0 Å². The van der Waals surface area contributed by atoms with Gasteiger partial charge in [0.25, 0.3) is 5.91 Å². The van der Waals surface area contributed by atoms with Gasteiger partial charge in [0.1, 0.15) is 0 Å². The topological polar surface area (TPSA) is 23.6 Å². The van der Waals surface area contributed by atoms with Crippen LogP contribution in [0.3, 0.4) is 0 Å². The van der Waals surface area contributed by atoms with Crippen LogP contribution >= 0.6 is 0 Å². The molecule has 0 unspecified atom stereocenters. The van der Waals surface area contributed by atoms with E-state index in [0.717, 1.165) is 38.0 Å². The van der Waals surface area contributed by atoms with Crippen molar-refractivity contribution < 1.29 is 4.79 Å². The van der Waals surface area contributed by atoms with E-state index in [0.29, 0.717) is 0 Å². The molecule has 3 rings (SSSR count). The van der Waals surface area contributed by atoms with Crippen LogP contribution in [0, 0.1) is 0 Å². The van der Waals surface area contributed by atoms with Gasteiger partial charge in [0.2, 0.25) is 0 Å². The lowest BCUT2D eigenvalue weighted by molar-refractivity contribution is 0.0742. The van der Waals surface area contributed by atoms with Crippen LogP contribution in [-0.4, -0.2) is 41.9 Å². The van der Waals surface area contributed by atoms with Crippen molar-refractivity contribution in [1.29, 1.82) is 0 Å². The van der Waals surface area contributed by atoms with Crippen molar-refractivity contribution in [3.05, 3.63) is 35.4 Å². The highest BCUT2D eigenvalue weighted by Crippen LogP contribution is 2.16. The lowest BCUT2D eigenvalue weighted by Crippen LogP contribution is -2.33. The van der Waals surface area contributed by atoms with E-state index in [1.165, 1.54) is 57.2 Å². The molecule has 23 heavy (non-hydrogen) atoms. The standard InChI is InChI=1S/C20H30N2O/c23-20(22-15-7-2-1-3-8-16-22)19-11-9-18(10-12-19)17-21-13-5-4-6-14-21/h9-12H,1-8,13-17H2. The van der Waals surface area contributed by atoms with Crippen LogP contribution in [0.5, 0.6) is 0 Å². The van der Waals surface area contributed by atoms with Crippen LogP contribution in [0.1, 0.15) is 67.3 Å². The first-order chi connectivity index (χ1) is 11.3. The SMILES string of the molecule is O=C(c1ccc(CN2CCCCC2)cc1)N1CCCCCCC1. The molecule has 0 spiro atoms. The molecule has 2 fully saturated rings. The van der Waals surface area contributed by atoms with Crippen molar-refractivity contribution in [2.45, 2.75) is 57.9 Å². The minimum absolute atomic E-state index is 0.219. The van der Waals surface area contributed by atoms with Gasteiger partial charge in [-0.05, 0) is 56.5 Å². The monoisotopic (exact) mass is 314 g/mol. The average molecular weight is 314 g/mol. The Kier molecular flexibility index (Phi) is 6.09. The van der Waals surface area contributed by atoms with Gasteiger partial charge in [0.05, 0.1) is 0 Å². The fourth-order valence-corrected chi connectivity index (χ4v) is 3.76. The summed E-state index contributed by atoms with van der Waals surface area (Å²) >= 11 is 0. The molecule has 3 nitrogen and oxygen atoms in total. The second kappa shape index (κ2) is 8.49. The Balaban J connectivity index is 1.57. The zero-order valence-corrected chi connectivity index (χ0v) is 14.3. The Labute approximate surface area is 140 Å². The van der Waals surface area contributed by atoms with Gasteiger partial charge >= 0.3 is 0 Å². The van der Waals surface area contributed by atoms with Crippen LogP contribution in [0.2, 0.25) is 0 Å². The highest BCUT2D eigenvalue weighted by atomic mass is 16.2. The molecule has 126 valence electrons. The molecule has 2 saturated heterocycles. The summed E-state index contributed by atoms with van der Waals surface area (Å²) < 4.78 is 0. The van der Waals surface area contributed by atoms with Gasteiger partial charge < -0.3 is 4.90 Å². The zero-order valence-electron chi connectivity index (χ0n) is 14.3. The second-order valence-electron chi connectivity index (χ2n) is 7.09. The van der Waals surface area contributed by atoms with E-state index in [1.807, 2.05) is 12.1 Å². The average Bonchev–Trinajstić information content (AvgIpc) is 2.56. The number of carbonyl (C=O) groups is 1. The van der Waals surface area contributed by atoms with E-state index in [9.17, 15) is 4.79 Å². The molecule has 0 bridgehead atoms. The van der Waals surface area contributed by atoms with Gasteiger partial charge in [-0.25, -0.2) is 0 Å². The summed E-state index contributed by atoms with van der Waals surface area (Å²) in [6.07, 6.45) is 10.2. The van der Waals surface area contributed by atoms with Crippen molar-refractivity contribution >= 4 is 5.91 Å². The third kappa shape index (κ3) is 4.81. The van der Waals surface area contributed by atoms with Crippen molar-refractivity contribution in [2.75, 3.05) is 26.2 Å². The summed E-state index contributed by atoms with van der Waals surface area (Å²) in [5.74, 6) is 0.219. The molecule has 1 amide bonds. The minimum Gasteiger partial charge on any atom is -0.339 e. The molecular weight excluding hydrogens is 284 g/mol. The molecule has 0 N–H and O–H groups in total. The molecule has 0 aromatic heterocycles. The molecule has 1 aromatic rings. The van der Waals surface area contributed by atoms with E-state index in [-0.39, 0.29) is 5.91 Å². The number of nitrogens with zero attached hydrogens (tertiary/aromatic N) is 2. The molecule has 0 atom stereocenters. The molecule has 0 saturated carbocycles. The first-order valence-electron chi connectivity index (χ1n) is 9.43. The summed E-state index contributed by atoms with van der Waals surface area (Å²) in [7, 11) is 0. The predicted octanol–water partition coefficient (Wildman–Crippen LogP) is 4.08. The fraction of sp³-hybridized carbons (Fsp3) is 0.650. The van der Waals surface area contributed by atoms with E-state index in [4.69, 9.17) is 0 Å². The summed E-state index contributed by atoms with van der Waals surface area (Å²) in [5, 5.41) is 0. The van der Waals surface area contributed by atoms with Crippen molar-refractivity contribution in [1.82, 2.24) is 9.80 Å². The van der Waals surface area contributed by atoms with Gasteiger partial charge in [0.15, 0.2) is 0 Å². The Morgan fingerprint density at radius 3 is 1.91 bits per heavy atom. The maximum absolute atomic E-state index is 12.7. The molecule has 0 radical (unpaired) electrons. The Hall–Kier alpha value is -1.35. The smallest absolute Gasteiger partial charge is 0.253 e. The summed E-state index contributed by atoms with van der Waals surface area (Å²) in [5.41, 5.74) is 2.18. The van der Waals surface area contributed by atoms with E-state index >= 15 is 0 Å². The Bertz CT molecular complexity index is 483. The maximum Gasteiger partial charge on any atom is 0.253 e. The molecule has 2 aliphatic rings. The highest BCUT2D eigenvalue weighted by Gasteiger charge is 2.17. The van der Waals surface area contributed by atoms with Gasteiger partial charge in [-0.2, -0.15) is 0 Å². The lowest BCUT2D eigenvalue weighted by Gasteiger charge is -2.27. The van der Waals surface area contributed by atoms with Gasteiger partial charge in [-0.15, -0.1) is 0 Å². The largest absolute Gasteiger partial charge is 0.339 e. The molecule has 2 aliphatic heterocycles. The highest BCUT2D eigenvalue weighted by molar-refractivity contribution is 5.94. The first kappa shape index (κ1) is 16.5. The third-order valence-electron chi connectivity index (χ3n) is 5.20. The molecular formula is C20H30N2O. The molecule has 1 aromatic carbocycles. The molecule has 2 heterocycles. The summed E-state index contributed by atoms with van der Waals surface area (Å²) in [6.45, 7) is 5.31. The normalized spacial score (nSPS) is 20.8. The predicted molar refractivity (Wildman–Crippen MR) is 94.6 cm³/mol. The van der Waals surface area contributed by atoms with Crippen LogP contribution in [-0.2, 0) is 6.54 Å². The Morgan fingerprint density at radius 1 is 0.739 bits per heavy atom. The third-order valence-corrected chi connectivity index (χ3v) is 5.20. The van der Waals surface area contributed by atoms with Crippen LogP contribution in [0.4, 0.5) is 0 Å². The van der Waals surface area contributed by atoms with Crippen LogP contribution < -0.4 is 0 Å². The summed E-state index contributed by atoms with van der Waals surface area (Å²) in [4.78, 5) is 17.3. The quantitative estimate of drug-likeness (QED) is 0.839. The Morgan fingerprint density at radius 2 is 1.26 bits per heavy atom. The van der Waals surface area contributed by atoms with E-state index < -0.39 is 0 Å². The number of benzene rings is 1. The van der Waals surface area contributed by atoms with Crippen molar-refractivity contribution in [3.8, 4) is 0 Å². The number of hydrogen-bond donors (Lipinski definition) is 0. The maximum atomic E-state index is 12.7. The van der Waals surface area contributed by atoms with E-state index in [1.54, 1.807) is 0 Å². The number of carbonyl (C=O) groups excluding carboxylic acids is 1. The van der Waals surface area contributed by atoms with Gasteiger partial charge in [-0.1, -0.05) is 37.8 Å². The molecule has 3 heteroatoms.